The molecule has 0 amide bonds. The fourth-order valence-electron chi connectivity index (χ4n) is 2.20. The van der Waals surface area contributed by atoms with E-state index in [0.29, 0.717) is 5.25 Å². The van der Waals surface area contributed by atoms with Gasteiger partial charge in [0.25, 0.3) is 0 Å². The summed E-state index contributed by atoms with van der Waals surface area (Å²) in [6.45, 7) is 2.32. The largest absolute Gasteiger partial charge is 0.298 e. The van der Waals surface area contributed by atoms with E-state index in [9.17, 15) is 0 Å². The summed E-state index contributed by atoms with van der Waals surface area (Å²) in [5.74, 6) is 1.21. The van der Waals surface area contributed by atoms with Gasteiger partial charge in [-0.2, -0.15) is 11.8 Å². The molecule has 0 radical (unpaired) electrons. The zero-order chi connectivity index (χ0) is 10.2. The molecule has 1 aromatic rings. The van der Waals surface area contributed by atoms with Gasteiger partial charge in [0.15, 0.2) is 0 Å². The predicted octanol–water partition coefficient (Wildman–Crippen LogP) is 2.58. The van der Waals surface area contributed by atoms with Crippen molar-refractivity contribution >= 4 is 11.8 Å². The molecule has 1 fully saturated rings. The number of benzene rings is 1. The molecule has 0 bridgehead atoms. The van der Waals surface area contributed by atoms with E-state index in [4.69, 9.17) is 0 Å². The summed E-state index contributed by atoms with van der Waals surface area (Å²) in [7, 11) is 4.37. The SMILES string of the molecule is CC1SCC1(c1ccccc1)N(C)C. The van der Waals surface area contributed by atoms with E-state index in [-0.39, 0.29) is 5.54 Å². The van der Waals surface area contributed by atoms with Crippen LogP contribution in [0.4, 0.5) is 0 Å². The van der Waals surface area contributed by atoms with Gasteiger partial charge in [-0.15, -0.1) is 0 Å². The smallest absolute Gasteiger partial charge is 0.0663 e. The Labute approximate surface area is 90.5 Å². The van der Waals surface area contributed by atoms with Gasteiger partial charge in [-0.3, -0.25) is 4.90 Å². The van der Waals surface area contributed by atoms with Crippen molar-refractivity contribution < 1.29 is 0 Å². The first-order valence-electron chi connectivity index (χ1n) is 5.02. The van der Waals surface area contributed by atoms with Crippen LogP contribution in [0, 0.1) is 0 Å². The normalized spacial score (nSPS) is 31.6. The Kier molecular flexibility index (Phi) is 2.58. The molecular formula is C12H17NS. The standard InChI is InChI=1S/C12H17NS/c1-10-12(9-14-10,13(2)3)11-7-5-4-6-8-11/h4-8,10H,9H2,1-3H3. The van der Waals surface area contributed by atoms with Crippen LogP contribution in [0.25, 0.3) is 0 Å². The Balaban J connectivity index is 2.38. The fourth-order valence-corrected chi connectivity index (χ4v) is 3.79. The molecule has 2 atom stereocenters. The van der Waals surface area contributed by atoms with Crippen LogP contribution >= 0.6 is 11.8 Å². The van der Waals surface area contributed by atoms with E-state index in [1.165, 1.54) is 11.3 Å². The lowest BCUT2D eigenvalue weighted by Crippen LogP contribution is -2.57. The maximum absolute atomic E-state index is 2.36. The fraction of sp³-hybridized carbons (Fsp3) is 0.500. The molecule has 0 spiro atoms. The first-order valence-corrected chi connectivity index (χ1v) is 6.07. The predicted molar refractivity (Wildman–Crippen MR) is 63.7 cm³/mol. The average molecular weight is 207 g/mol. The molecule has 2 rings (SSSR count). The van der Waals surface area contributed by atoms with Gasteiger partial charge in [0.1, 0.15) is 0 Å². The third-order valence-corrected chi connectivity index (χ3v) is 4.79. The van der Waals surface area contributed by atoms with Crippen LogP contribution in [0.5, 0.6) is 0 Å². The topological polar surface area (TPSA) is 3.24 Å². The molecule has 0 aliphatic carbocycles. The highest BCUT2D eigenvalue weighted by molar-refractivity contribution is 8.01. The number of nitrogens with zero attached hydrogens (tertiary/aromatic N) is 1. The van der Waals surface area contributed by atoms with Crippen molar-refractivity contribution in [1.82, 2.24) is 4.90 Å². The highest BCUT2D eigenvalue weighted by Gasteiger charge is 2.47. The van der Waals surface area contributed by atoms with Crippen molar-refractivity contribution in [2.24, 2.45) is 0 Å². The Morgan fingerprint density at radius 3 is 2.29 bits per heavy atom. The minimum Gasteiger partial charge on any atom is -0.298 e. The van der Waals surface area contributed by atoms with Crippen LogP contribution in [0.3, 0.4) is 0 Å². The molecule has 0 aromatic heterocycles. The third-order valence-electron chi connectivity index (χ3n) is 3.30. The Morgan fingerprint density at radius 1 is 1.29 bits per heavy atom. The van der Waals surface area contributed by atoms with Gasteiger partial charge in [-0.05, 0) is 19.7 Å². The summed E-state index contributed by atoms with van der Waals surface area (Å²) in [4.78, 5) is 2.36. The molecule has 1 nitrogen and oxygen atoms in total. The van der Waals surface area contributed by atoms with Crippen molar-refractivity contribution in [2.75, 3.05) is 19.8 Å². The van der Waals surface area contributed by atoms with Gasteiger partial charge in [-0.25, -0.2) is 0 Å². The van der Waals surface area contributed by atoms with Gasteiger partial charge in [0.2, 0.25) is 0 Å². The van der Waals surface area contributed by atoms with Crippen molar-refractivity contribution in [3.63, 3.8) is 0 Å². The number of rotatable bonds is 2. The summed E-state index contributed by atoms with van der Waals surface area (Å²) in [5.41, 5.74) is 1.72. The molecular weight excluding hydrogens is 190 g/mol. The molecule has 1 heterocycles. The van der Waals surface area contributed by atoms with Crippen LogP contribution in [0.2, 0.25) is 0 Å². The lowest BCUT2D eigenvalue weighted by atomic mass is 9.86. The van der Waals surface area contributed by atoms with E-state index >= 15 is 0 Å². The van der Waals surface area contributed by atoms with Gasteiger partial charge in [0.05, 0.1) is 5.54 Å². The zero-order valence-corrected chi connectivity index (χ0v) is 9.84. The number of thioether (sulfide) groups is 1. The maximum Gasteiger partial charge on any atom is 0.0663 e. The highest BCUT2D eigenvalue weighted by Crippen LogP contribution is 2.48. The number of hydrogen-bond acceptors (Lipinski definition) is 2. The molecule has 76 valence electrons. The first-order chi connectivity index (χ1) is 6.68. The number of hydrogen-bond donors (Lipinski definition) is 0. The molecule has 1 aromatic carbocycles. The molecule has 1 aliphatic heterocycles. The quantitative estimate of drug-likeness (QED) is 0.733. The maximum atomic E-state index is 2.36. The minimum absolute atomic E-state index is 0.270. The highest BCUT2D eigenvalue weighted by atomic mass is 32.2. The van der Waals surface area contributed by atoms with Crippen LogP contribution in [0.1, 0.15) is 12.5 Å². The van der Waals surface area contributed by atoms with Crippen LogP contribution in [-0.4, -0.2) is 30.0 Å². The average Bonchev–Trinajstić information content (AvgIpc) is 2.17. The molecule has 0 saturated carbocycles. The summed E-state index contributed by atoms with van der Waals surface area (Å²) >= 11 is 2.05. The van der Waals surface area contributed by atoms with E-state index in [1.807, 2.05) is 11.8 Å². The Morgan fingerprint density at radius 2 is 1.93 bits per heavy atom. The summed E-state index contributed by atoms with van der Waals surface area (Å²) in [6.07, 6.45) is 0. The van der Waals surface area contributed by atoms with Gasteiger partial charge in [-0.1, -0.05) is 37.3 Å². The van der Waals surface area contributed by atoms with E-state index in [2.05, 4.69) is 56.3 Å². The molecule has 1 aliphatic rings. The molecule has 0 N–H and O–H groups in total. The van der Waals surface area contributed by atoms with Crippen molar-refractivity contribution in [3.8, 4) is 0 Å². The van der Waals surface area contributed by atoms with Gasteiger partial charge in [0, 0.05) is 11.0 Å². The molecule has 2 unspecified atom stereocenters. The van der Waals surface area contributed by atoms with Crippen LogP contribution < -0.4 is 0 Å². The minimum atomic E-state index is 0.270. The van der Waals surface area contributed by atoms with E-state index in [0.717, 1.165) is 0 Å². The monoisotopic (exact) mass is 207 g/mol. The van der Waals surface area contributed by atoms with E-state index in [1.54, 1.807) is 0 Å². The second-order valence-corrected chi connectivity index (χ2v) is 5.47. The van der Waals surface area contributed by atoms with Crippen molar-refractivity contribution in [1.29, 1.82) is 0 Å². The second-order valence-electron chi connectivity index (χ2n) is 4.14. The third kappa shape index (κ3) is 1.29. The van der Waals surface area contributed by atoms with Crippen LogP contribution in [0.15, 0.2) is 30.3 Å². The van der Waals surface area contributed by atoms with Crippen molar-refractivity contribution in [3.05, 3.63) is 35.9 Å². The summed E-state index contributed by atoms with van der Waals surface area (Å²) in [5, 5.41) is 0.694. The Hall–Kier alpha value is -0.470. The van der Waals surface area contributed by atoms with Gasteiger partial charge < -0.3 is 0 Å². The van der Waals surface area contributed by atoms with Crippen LogP contribution in [-0.2, 0) is 5.54 Å². The molecule has 14 heavy (non-hydrogen) atoms. The molecule has 1 saturated heterocycles. The lowest BCUT2D eigenvalue weighted by molar-refractivity contribution is 0.163. The first kappa shape index (κ1) is 10.1. The zero-order valence-electron chi connectivity index (χ0n) is 9.03. The van der Waals surface area contributed by atoms with Crippen molar-refractivity contribution in [2.45, 2.75) is 17.7 Å². The lowest BCUT2D eigenvalue weighted by Gasteiger charge is -2.52. The van der Waals surface area contributed by atoms with E-state index < -0.39 is 0 Å². The van der Waals surface area contributed by atoms with Gasteiger partial charge >= 0.3 is 0 Å². The second kappa shape index (κ2) is 3.59. The Bertz CT molecular complexity index is 303. The molecule has 2 heteroatoms. The summed E-state index contributed by atoms with van der Waals surface area (Å²) in [6, 6.07) is 10.8. The summed E-state index contributed by atoms with van der Waals surface area (Å²) < 4.78 is 0.